The number of nitrogens with one attached hydrogen (secondary N) is 1. The van der Waals surface area contributed by atoms with Gasteiger partial charge in [0.15, 0.2) is 0 Å². The highest BCUT2D eigenvalue weighted by Crippen LogP contribution is 2.21. The maximum Gasteiger partial charge on any atom is 0.124 e. The highest BCUT2D eigenvalue weighted by Gasteiger charge is 2.16. The molecule has 0 radical (unpaired) electrons. The van der Waals surface area contributed by atoms with Gasteiger partial charge in [-0.05, 0) is 63.5 Å². The van der Waals surface area contributed by atoms with Crippen LogP contribution in [-0.4, -0.2) is 31.6 Å². The van der Waals surface area contributed by atoms with E-state index in [1.165, 1.54) is 38.1 Å². The van der Waals surface area contributed by atoms with Gasteiger partial charge in [-0.25, -0.2) is 4.39 Å². The number of halogens is 1. The molecule has 19 heavy (non-hydrogen) atoms. The van der Waals surface area contributed by atoms with Crippen molar-refractivity contribution in [1.82, 2.24) is 4.90 Å². The van der Waals surface area contributed by atoms with E-state index in [9.17, 15) is 4.39 Å². The van der Waals surface area contributed by atoms with Gasteiger partial charge >= 0.3 is 0 Å². The molecule has 1 N–H and O–H groups in total. The molecule has 0 amide bonds. The first-order valence-corrected chi connectivity index (χ1v) is 6.81. The van der Waals surface area contributed by atoms with Crippen molar-refractivity contribution >= 4 is 5.69 Å². The second-order valence-electron chi connectivity index (χ2n) is 5.26. The molecule has 0 aromatic heterocycles. The summed E-state index contributed by atoms with van der Waals surface area (Å²) in [5, 5.41) is 12.2. The molecule has 1 aromatic rings. The van der Waals surface area contributed by atoms with Crippen LogP contribution in [0.15, 0.2) is 18.2 Å². The van der Waals surface area contributed by atoms with Crippen molar-refractivity contribution in [1.29, 1.82) is 5.26 Å². The van der Waals surface area contributed by atoms with Gasteiger partial charge in [-0.3, -0.25) is 0 Å². The standard InChI is InChI=1S/C15H20FN3/c1-19-8-5-12(6-9-19)4-7-18-15-3-2-14(16)10-13(15)11-17/h2-3,10,12,18H,4-9H2,1H3. The third-order valence-corrected chi connectivity index (χ3v) is 3.81. The number of hydrogen-bond donors (Lipinski definition) is 1. The first-order valence-electron chi connectivity index (χ1n) is 6.81. The van der Waals surface area contributed by atoms with E-state index in [1.807, 2.05) is 6.07 Å². The van der Waals surface area contributed by atoms with E-state index in [4.69, 9.17) is 5.26 Å². The van der Waals surface area contributed by atoms with Crippen molar-refractivity contribution in [2.75, 3.05) is 32.0 Å². The normalized spacial score (nSPS) is 17.1. The van der Waals surface area contributed by atoms with E-state index in [-0.39, 0.29) is 5.82 Å². The minimum atomic E-state index is -0.364. The van der Waals surface area contributed by atoms with Gasteiger partial charge in [0.2, 0.25) is 0 Å². The van der Waals surface area contributed by atoms with Crippen molar-refractivity contribution in [2.24, 2.45) is 5.92 Å². The zero-order valence-electron chi connectivity index (χ0n) is 11.3. The number of likely N-dealkylation sites (tertiary alicyclic amines) is 1. The first-order chi connectivity index (χ1) is 9.19. The number of nitrogens with zero attached hydrogens (tertiary/aromatic N) is 2. The summed E-state index contributed by atoms with van der Waals surface area (Å²) < 4.78 is 13.0. The summed E-state index contributed by atoms with van der Waals surface area (Å²) in [6, 6.07) is 6.33. The van der Waals surface area contributed by atoms with Crippen LogP contribution in [-0.2, 0) is 0 Å². The highest BCUT2D eigenvalue weighted by atomic mass is 19.1. The van der Waals surface area contributed by atoms with E-state index in [2.05, 4.69) is 17.3 Å². The quantitative estimate of drug-likeness (QED) is 0.906. The fourth-order valence-electron chi connectivity index (χ4n) is 2.52. The lowest BCUT2D eigenvalue weighted by molar-refractivity contribution is 0.215. The zero-order valence-corrected chi connectivity index (χ0v) is 11.3. The summed E-state index contributed by atoms with van der Waals surface area (Å²) in [5.74, 6) is 0.395. The number of rotatable bonds is 4. The van der Waals surface area contributed by atoms with Crippen molar-refractivity contribution in [3.8, 4) is 6.07 Å². The van der Waals surface area contributed by atoms with Crippen LogP contribution in [0.2, 0.25) is 0 Å². The third kappa shape index (κ3) is 3.93. The molecule has 0 aliphatic carbocycles. The minimum Gasteiger partial charge on any atom is -0.384 e. The Morgan fingerprint density at radius 3 is 2.84 bits per heavy atom. The van der Waals surface area contributed by atoms with Crippen LogP contribution in [0.1, 0.15) is 24.8 Å². The van der Waals surface area contributed by atoms with Crippen molar-refractivity contribution < 1.29 is 4.39 Å². The average molecular weight is 261 g/mol. The van der Waals surface area contributed by atoms with Gasteiger partial charge in [-0.15, -0.1) is 0 Å². The molecule has 0 saturated carbocycles. The maximum atomic E-state index is 13.0. The molecular weight excluding hydrogens is 241 g/mol. The van der Waals surface area contributed by atoms with Crippen LogP contribution in [0.3, 0.4) is 0 Å². The van der Waals surface area contributed by atoms with Gasteiger partial charge in [0, 0.05) is 6.54 Å². The summed E-state index contributed by atoms with van der Waals surface area (Å²) in [7, 11) is 2.16. The second-order valence-corrected chi connectivity index (χ2v) is 5.26. The Kier molecular flexibility index (Phi) is 4.75. The largest absolute Gasteiger partial charge is 0.384 e. The fourth-order valence-corrected chi connectivity index (χ4v) is 2.52. The lowest BCUT2D eigenvalue weighted by atomic mass is 9.94. The lowest BCUT2D eigenvalue weighted by Crippen LogP contribution is -2.30. The molecule has 1 heterocycles. The lowest BCUT2D eigenvalue weighted by Gasteiger charge is -2.29. The van der Waals surface area contributed by atoms with Crippen molar-refractivity contribution in [3.63, 3.8) is 0 Å². The molecular formula is C15H20FN3. The summed E-state index contributed by atoms with van der Waals surface area (Å²) >= 11 is 0. The highest BCUT2D eigenvalue weighted by molar-refractivity contribution is 5.57. The summed E-state index contributed by atoms with van der Waals surface area (Å²) in [4.78, 5) is 2.36. The average Bonchev–Trinajstić information content (AvgIpc) is 2.42. The Hall–Kier alpha value is -1.60. The number of hydrogen-bond acceptors (Lipinski definition) is 3. The van der Waals surface area contributed by atoms with E-state index in [0.29, 0.717) is 5.56 Å². The number of nitriles is 1. The van der Waals surface area contributed by atoms with E-state index in [0.717, 1.165) is 24.6 Å². The Balaban J connectivity index is 1.81. The monoisotopic (exact) mass is 261 g/mol. The Labute approximate surface area is 114 Å². The predicted molar refractivity (Wildman–Crippen MR) is 74.4 cm³/mol. The number of anilines is 1. The molecule has 0 unspecified atom stereocenters. The molecule has 1 aliphatic heterocycles. The van der Waals surface area contributed by atoms with Crippen molar-refractivity contribution in [3.05, 3.63) is 29.6 Å². The molecule has 1 aliphatic rings. The van der Waals surface area contributed by atoms with Crippen LogP contribution in [0, 0.1) is 23.1 Å². The third-order valence-electron chi connectivity index (χ3n) is 3.81. The maximum absolute atomic E-state index is 13.0. The van der Waals surface area contributed by atoms with Gasteiger partial charge in [0.1, 0.15) is 11.9 Å². The molecule has 4 heteroatoms. The Morgan fingerprint density at radius 2 is 2.16 bits per heavy atom. The summed E-state index contributed by atoms with van der Waals surface area (Å²) in [5.41, 5.74) is 1.11. The Bertz CT molecular complexity index is 459. The van der Waals surface area contributed by atoms with E-state index < -0.39 is 0 Å². The number of benzene rings is 1. The second kappa shape index (κ2) is 6.53. The molecule has 1 saturated heterocycles. The SMILES string of the molecule is CN1CCC(CCNc2ccc(F)cc2C#N)CC1. The molecule has 2 rings (SSSR count). The van der Waals surface area contributed by atoms with Crippen LogP contribution in [0.5, 0.6) is 0 Å². The predicted octanol–water partition coefficient (Wildman–Crippen LogP) is 2.84. The molecule has 1 fully saturated rings. The summed E-state index contributed by atoms with van der Waals surface area (Å²) in [6.07, 6.45) is 3.59. The van der Waals surface area contributed by atoms with Crippen LogP contribution >= 0.6 is 0 Å². The molecule has 0 spiro atoms. The topological polar surface area (TPSA) is 39.1 Å². The molecule has 102 valence electrons. The molecule has 3 nitrogen and oxygen atoms in total. The molecule has 0 bridgehead atoms. The molecule has 0 atom stereocenters. The van der Waals surface area contributed by atoms with Gasteiger partial charge in [0.05, 0.1) is 11.3 Å². The van der Waals surface area contributed by atoms with E-state index >= 15 is 0 Å². The Morgan fingerprint density at radius 1 is 1.42 bits per heavy atom. The smallest absolute Gasteiger partial charge is 0.124 e. The van der Waals surface area contributed by atoms with Crippen molar-refractivity contribution in [2.45, 2.75) is 19.3 Å². The van der Waals surface area contributed by atoms with E-state index in [1.54, 1.807) is 6.07 Å². The molecule has 1 aromatic carbocycles. The van der Waals surface area contributed by atoms with Gasteiger partial charge in [-0.2, -0.15) is 5.26 Å². The van der Waals surface area contributed by atoms with Crippen LogP contribution in [0.25, 0.3) is 0 Å². The van der Waals surface area contributed by atoms with Gasteiger partial charge in [0.25, 0.3) is 0 Å². The number of piperidine rings is 1. The minimum absolute atomic E-state index is 0.364. The summed E-state index contributed by atoms with van der Waals surface area (Å²) in [6.45, 7) is 3.18. The van der Waals surface area contributed by atoms with Gasteiger partial charge in [-0.1, -0.05) is 0 Å². The fraction of sp³-hybridized carbons (Fsp3) is 0.533. The van der Waals surface area contributed by atoms with Crippen LogP contribution in [0.4, 0.5) is 10.1 Å². The van der Waals surface area contributed by atoms with Gasteiger partial charge < -0.3 is 10.2 Å². The zero-order chi connectivity index (χ0) is 13.7. The van der Waals surface area contributed by atoms with Crippen LogP contribution < -0.4 is 5.32 Å². The first kappa shape index (κ1) is 13.8.